The van der Waals surface area contributed by atoms with Gasteiger partial charge in [-0.1, -0.05) is 0 Å². The number of hydrogen-bond acceptors (Lipinski definition) is 5. The molecule has 2 N–H and O–H groups in total. The molecular formula is C10H13N3O3S3. The Kier molecular flexibility index (Phi) is 4.19. The molecule has 0 amide bonds. The van der Waals surface area contributed by atoms with E-state index >= 15 is 0 Å². The van der Waals surface area contributed by atoms with Gasteiger partial charge in [-0.15, -0.1) is 11.3 Å². The third kappa shape index (κ3) is 3.50. The molecule has 0 saturated heterocycles. The minimum atomic E-state index is -3.19. The quantitative estimate of drug-likeness (QED) is 0.637. The van der Waals surface area contributed by atoms with Crippen LogP contribution in [0.15, 0.2) is 16.2 Å². The van der Waals surface area contributed by atoms with Gasteiger partial charge >= 0.3 is 0 Å². The summed E-state index contributed by atoms with van der Waals surface area (Å²) in [5.41, 5.74) is -0.139. The van der Waals surface area contributed by atoms with Gasteiger partial charge in [-0.2, -0.15) is 0 Å². The molecule has 104 valence electrons. The normalized spacial score (nSPS) is 12.1. The number of nitrogens with zero attached hydrogens (tertiary/aromatic N) is 1. The molecular weight excluding hydrogens is 306 g/mol. The molecule has 2 aromatic rings. The molecule has 0 atom stereocenters. The van der Waals surface area contributed by atoms with E-state index in [0.717, 1.165) is 11.1 Å². The predicted molar refractivity (Wildman–Crippen MR) is 78.7 cm³/mol. The fraction of sp³-hybridized carbons (Fsp3) is 0.400. The topological polar surface area (TPSA) is 84.0 Å². The number of hydrogen-bond donors (Lipinski definition) is 2. The van der Waals surface area contributed by atoms with Crippen molar-refractivity contribution in [1.82, 2.24) is 14.3 Å². The Morgan fingerprint density at radius 3 is 2.95 bits per heavy atom. The van der Waals surface area contributed by atoms with E-state index in [1.807, 2.05) is 5.38 Å². The van der Waals surface area contributed by atoms with Crippen molar-refractivity contribution in [3.05, 3.63) is 26.6 Å². The zero-order valence-electron chi connectivity index (χ0n) is 10.2. The average Bonchev–Trinajstić information content (AvgIpc) is 2.74. The second-order valence-corrected chi connectivity index (χ2v) is 7.21. The number of H-pyrrole nitrogens is 1. The summed E-state index contributed by atoms with van der Waals surface area (Å²) in [5.74, 6) is 0. The van der Waals surface area contributed by atoms with Crippen molar-refractivity contribution < 1.29 is 8.42 Å². The Labute approximate surface area is 119 Å². The summed E-state index contributed by atoms with van der Waals surface area (Å²) in [6.45, 7) is 0.657. The minimum Gasteiger partial charge on any atom is -0.323 e. The smallest absolute Gasteiger partial charge is 0.263 e. The van der Waals surface area contributed by atoms with Crippen LogP contribution in [-0.4, -0.2) is 30.8 Å². The highest BCUT2D eigenvalue weighted by molar-refractivity contribution is 7.88. The van der Waals surface area contributed by atoms with E-state index in [1.54, 1.807) is 6.07 Å². The first kappa shape index (κ1) is 14.4. The van der Waals surface area contributed by atoms with Gasteiger partial charge in [0.1, 0.15) is 4.83 Å². The first-order valence-corrected chi connectivity index (χ1v) is 8.71. The molecule has 0 fully saturated rings. The van der Waals surface area contributed by atoms with Crippen molar-refractivity contribution in [3.63, 3.8) is 0 Å². The molecule has 0 spiro atoms. The summed E-state index contributed by atoms with van der Waals surface area (Å²) in [7, 11) is -3.19. The molecule has 2 aromatic heterocycles. The van der Waals surface area contributed by atoms with E-state index in [1.165, 1.54) is 15.9 Å². The SMILES string of the molecule is CS(=O)(=O)NCCCn1c(=S)[nH]c2sccc2c1=O. The number of aromatic nitrogens is 2. The molecule has 0 aromatic carbocycles. The molecule has 6 nitrogen and oxygen atoms in total. The zero-order valence-corrected chi connectivity index (χ0v) is 12.6. The van der Waals surface area contributed by atoms with Crippen molar-refractivity contribution in [1.29, 1.82) is 0 Å². The van der Waals surface area contributed by atoms with Crippen LogP contribution >= 0.6 is 23.6 Å². The van der Waals surface area contributed by atoms with Gasteiger partial charge in [-0.05, 0) is 30.1 Å². The highest BCUT2D eigenvalue weighted by Crippen LogP contribution is 2.13. The van der Waals surface area contributed by atoms with E-state index in [9.17, 15) is 13.2 Å². The maximum atomic E-state index is 12.1. The van der Waals surface area contributed by atoms with Crippen LogP contribution in [0.2, 0.25) is 0 Å². The lowest BCUT2D eigenvalue weighted by Gasteiger charge is -2.06. The Morgan fingerprint density at radius 1 is 1.53 bits per heavy atom. The number of nitrogens with one attached hydrogen (secondary N) is 2. The number of sulfonamides is 1. The minimum absolute atomic E-state index is 0.139. The summed E-state index contributed by atoms with van der Waals surface area (Å²) in [5, 5.41) is 2.43. The summed E-state index contributed by atoms with van der Waals surface area (Å²) in [4.78, 5) is 15.9. The second kappa shape index (κ2) is 5.53. The average molecular weight is 319 g/mol. The molecule has 2 rings (SSSR count). The number of rotatable bonds is 5. The second-order valence-electron chi connectivity index (χ2n) is 4.07. The van der Waals surface area contributed by atoms with Gasteiger partial charge in [0.2, 0.25) is 10.0 Å². The zero-order chi connectivity index (χ0) is 14.0. The Morgan fingerprint density at radius 2 is 2.26 bits per heavy atom. The van der Waals surface area contributed by atoms with Crippen molar-refractivity contribution in [2.24, 2.45) is 0 Å². The van der Waals surface area contributed by atoms with E-state index in [4.69, 9.17) is 12.2 Å². The molecule has 0 aliphatic rings. The standard InChI is InChI=1S/C10H13N3O3S3/c1-19(15,16)11-4-2-5-13-9(14)7-3-6-18-8(7)12-10(13)17/h3,6,11H,2,4-5H2,1H3,(H,12,17). The summed E-state index contributed by atoms with van der Waals surface area (Å²) in [6.07, 6.45) is 1.60. The molecule has 9 heteroatoms. The van der Waals surface area contributed by atoms with Gasteiger partial charge in [-0.3, -0.25) is 9.36 Å². The third-order valence-corrected chi connectivity index (χ3v) is 4.41. The molecule has 2 heterocycles. The van der Waals surface area contributed by atoms with Crippen LogP contribution in [0.25, 0.3) is 10.2 Å². The Bertz CT molecular complexity index is 801. The van der Waals surface area contributed by atoms with Gasteiger partial charge in [0.15, 0.2) is 4.77 Å². The molecule has 19 heavy (non-hydrogen) atoms. The van der Waals surface area contributed by atoms with Crippen LogP contribution in [-0.2, 0) is 16.6 Å². The first-order chi connectivity index (χ1) is 8.88. The maximum absolute atomic E-state index is 12.1. The fourth-order valence-electron chi connectivity index (χ4n) is 1.67. The number of thiophene rings is 1. The molecule has 0 bridgehead atoms. The Balaban J connectivity index is 2.17. The van der Waals surface area contributed by atoms with Crippen molar-refractivity contribution in [2.45, 2.75) is 13.0 Å². The fourth-order valence-corrected chi connectivity index (χ4v) is 3.31. The highest BCUT2D eigenvalue weighted by Gasteiger charge is 2.06. The van der Waals surface area contributed by atoms with Gasteiger partial charge in [0.25, 0.3) is 5.56 Å². The summed E-state index contributed by atoms with van der Waals surface area (Å²) < 4.78 is 26.0. The van der Waals surface area contributed by atoms with Crippen LogP contribution in [0, 0.1) is 4.77 Å². The first-order valence-electron chi connectivity index (χ1n) is 5.53. The van der Waals surface area contributed by atoms with E-state index < -0.39 is 10.0 Å². The van der Waals surface area contributed by atoms with Crippen LogP contribution in [0.3, 0.4) is 0 Å². The lowest BCUT2D eigenvalue weighted by Crippen LogP contribution is -2.27. The molecule has 0 radical (unpaired) electrons. The Hall–Kier alpha value is -1.03. The number of aromatic amines is 1. The van der Waals surface area contributed by atoms with Crippen molar-refractivity contribution in [3.8, 4) is 0 Å². The summed E-state index contributed by atoms with van der Waals surface area (Å²) >= 11 is 6.56. The van der Waals surface area contributed by atoms with Gasteiger partial charge in [0.05, 0.1) is 11.6 Å². The highest BCUT2D eigenvalue weighted by atomic mass is 32.2. The van der Waals surface area contributed by atoms with E-state index in [-0.39, 0.29) is 12.1 Å². The van der Waals surface area contributed by atoms with Gasteiger partial charge in [0, 0.05) is 13.1 Å². The predicted octanol–water partition coefficient (Wildman–Crippen LogP) is 1.06. The van der Waals surface area contributed by atoms with Crippen LogP contribution in [0.1, 0.15) is 6.42 Å². The van der Waals surface area contributed by atoms with Crippen molar-refractivity contribution >= 4 is 43.8 Å². The molecule has 0 unspecified atom stereocenters. The molecule has 0 saturated carbocycles. The van der Waals surface area contributed by atoms with E-state index in [2.05, 4.69) is 9.71 Å². The van der Waals surface area contributed by atoms with Crippen LogP contribution < -0.4 is 10.3 Å². The lowest BCUT2D eigenvalue weighted by molar-refractivity contribution is 0.569. The van der Waals surface area contributed by atoms with Gasteiger partial charge < -0.3 is 4.98 Å². The van der Waals surface area contributed by atoms with Crippen molar-refractivity contribution in [2.75, 3.05) is 12.8 Å². The third-order valence-electron chi connectivity index (χ3n) is 2.53. The van der Waals surface area contributed by atoms with Crippen LogP contribution in [0.5, 0.6) is 0 Å². The molecule has 0 aliphatic carbocycles. The molecule has 0 aliphatic heterocycles. The maximum Gasteiger partial charge on any atom is 0.263 e. The van der Waals surface area contributed by atoms with E-state index in [0.29, 0.717) is 23.1 Å². The van der Waals surface area contributed by atoms with Crippen LogP contribution in [0.4, 0.5) is 0 Å². The monoisotopic (exact) mass is 319 g/mol. The lowest BCUT2D eigenvalue weighted by atomic mass is 10.4. The summed E-state index contributed by atoms with van der Waals surface area (Å²) in [6, 6.07) is 1.75. The van der Waals surface area contributed by atoms with Gasteiger partial charge in [-0.25, -0.2) is 13.1 Å². The number of fused-ring (bicyclic) bond motifs is 1. The largest absolute Gasteiger partial charge is 0.323 e.